The van der Waals surface area contributed by atoms with Gasteiger partial charge in [-0.05, 0) is 51.5 Å². The predicted molar refractivity (Wildman–Crippen MR) is 73.5 cm³/mol. The minimum atomic E-state index is 0.502. The van der Waals surface area contributed by atoms with Gasteiger partial charge in [0.1, 0.15) is 0 Å². The highest BCUT2D eigenvalue weighted by Crippen LogP contribution is 2.30. The van der Waals surface area contributed by atoms with Gasteiger partial charge in [0, 0.05) is 6.04 Å². The third-order valence-electron chi connectivity index (χ3n) is 3.46. The van der Waals surface area contributed by atoms with E-state index in [2.05, 4.69) is 26.1 Å². The van der Waals surface area contributed by atoms with E-state index in [-0.39, 0.29) is 0 Å². The van der Waals surface area contributed by atoms with Crippen molar-refractivity contribution in [2.45, 2.75) is 71.8 Å². The first-order valence-corrected chi connectivity index (χ1v) is 6.72. The van der Waals surface area contributed by atoms with Crippen LogP contribution < -0.4 is 5.32 Å². The lowest BCUT2D eigenvalue weighted by atomic mass is 9.82. The van der Waals surface area contributed by atoms with Crippen molar-refractivity contribution >= 4 is 0 Å². The zero-order valence-electron chi connectivity index (χ0n) is 11.7. The van der Waals surface area contributed by atoms with Crippen molar-refractivity contribution in [3.8, 4) is 0 Å². The fourth-order valence-electron chi connectivity index (χ4n) is 2.02. The Bertz CT molecular complexity index is 172. The summed E-state index contributed by atoms with van der Waals surface area (Å²) in [6.07, 6.45) is 10.7. The van der Waals surface area contributed by atoms with Crippen LogP contribution >= 0.6 is 0 Å². The molecule has 0 saturated heterocycles. The molecule has 0 aliphatic rings. The van der Waals surface area contributed by atoms with Gasteiger partial charge in [0.25, 0.3) is 0 Å². The second-order valence-corrected chi connectivity index (χ2v) is 5.73. The Morgan fingerprint density at radius 2 is 1.81 bits per heavy atom. The molecule has 0 aromatic rings. The average molecular weight is 224 g/mol. The lowest BCUT2D eigenvalue weighted by Gasteiger charge is -2.25. The third kappa shape index (κ3) is 8.96. The molecule has 1 unspecified atom stereocenters. The molecule has 0 fully saturated rings. The van der Waals surface area contributed by atoms with Gasteiger partial charge in [0.15, 0.2) is 0 Å². The van der Waals surface area contributed by atoms with Gasteiger partial charge in [0.2, 0.25) is 0 Å². The highest BCUT2D eigenvalue weighted by Gasteiger charge is 2.16. The number of nitrogens with one attached hydrogen (secondary N) is 1. The Morgan fingerprint density at radius 1 is 1.19 bits per heavy atom. The van der Waals surface area contributed by atoms with Crippen LogP contribution in [0.25, 0.3) is 0 Å². The quantitative estimate of drug-likeness (QED) is 0.544. The maximum atomic E-state index is 5.38. The Morgan fingerprint density at radius 3 is 2.38 bits per heavy atom. The molecule has 0 aliphatic carbocycles. The molecule has 0 spiro atoms. The minimum Gasteiger partial charge on any atom is -0.317 e. The van der Waals surface area contributed by atoms with Crippen LogP contribution in [-0.4, -0.2) is 13.1 Å². The Hall–Kier alpha value is -0.300. The van der Waals surface area contributed by atoms with Crippen molar-refractivity contribution in [2.75, 3.05) is 7.05 Å². The number of rotatable bonds is 10. The smallest absolute Gasteiger partial charge is 0.00357 e. The molecular weight excluding hydrogens is 194 g/mol. The molecule has 1 atom stereocenters. The van der Waals surface area contributed by atoms with Crippen LogP contribution in [0.1, 0.15) is 65.7 Å². The van der Waals surface area contributed by atoms with E-state index in [4.69, 9.17) is 6.58 Å². The Balaban J connectivity index is 3.57. The summed E-state index contributed by atoms with van der Waals surface area (Å²) in [5.74, 6) is 0. The summed E-state index contributed by atoms with van der Waals surface area (Å²) < 4.78 is 0. The second kappa shape index (κ2) is 8.81. The average Bonchev–Trinajstić information content (AvgIpc) is 2.24. The van der Waals surface area contributed by atoms with Crippen molar-refractivity contribution in [3.63, 3.8) is 0 Å². The largest absolute Gasteiger partial charge is 0.317 e. The van der Waals surface area contributed by atoms with Crippen molar-refractivity contribution < 1.29 is 0 Å². The van der Waals surface area contributed by atoms with Gasteiger partial charge in [-0.25, -0.2) is 0 Å². The molecule has 0 amide bonds. The van der Waals surface area contributed by atoms with Crippen molar-refractivity contribution in [3.05, 3.63) is 12.7 Å². The zero-order chi connectivity index (χ0) is 12.4. The van der Waals surface area contributed by atoms with E-state index in [0.29, 0.717) is 11.5 Å². The molecular formula is C15H30N. The maximum absolute atomic E-state index is 5.38. The van der Waals surface area contributed by atoms with Crippen LogP contribution in [0, 0.1) is 12.0 Å². The van der Waals surface area contributed by atoms with Crippen LogP contribution in [0.15, 0.2) is 6.08 Å². The summed E-state index contributed by atoms with van der Waals surface area (Å²) in [6.45, 7) is 12.4. The van der Waals surface area contributed by atoms with E-state index in [9.17, 15) is 0 Å². The van der Waals surface area contributed by atoms with Crippen molar-refractivity contribution in [1.29, 1.82) is 0 Å². The van der Waals surface area contributed by atoms with Gasteiger partial charge >= 0.3 is 0 Å². The van der Waals surface area contributed by atoms with E-state index >= 15 is 0 Å². The van der Waals surface area contributed by atoms with Crippen LogP contribution in [-0.2, 0) is 0 Å². The molecule has 0 saturated carbocycles. The second-order valence-electron chi connectivity index (χ2n) is 5.73. The van der Waals surface area contributed by atoms with E-state index in [1.165, 1.54) is 38.5 Å². The predicted octanol–water partition coefficient (Wildman–Crippen LogP) is 4.34. The molecule has 0 aromatic carbocycles. The number of hydrogen-bond donors (Lipinski definition) is 1. The number of hydrogen-bond acceptors (Lipinski definition) is 1. The fourth-order valence-corrected chi connectivity index (χ4v) is 2.02. The molecule has 0 aliphatic heterocycles. The lowest BCUT2D eigenvalue weighted by molar-refractivity contribution is 0.281. The Labute approximate surface area is 103 Å². The summed E-state index contributed by atoms with van der Waals surface area (Å²) in [5.41, 5.74) is 0.502. The topological polar surface area (TPSA) is 12.0 Å². The number of allylic oxidation sites excluding steroid dienone is 1. The van der Waals surface area contributed by atoms with Gasteiger partial charge in [0.05, 0.1) is 0 Å². The molecule has 95 valence electrons. The first kappa shape index (κ1) is 15.7. The summed E-state index contributed by atoms with van der Waals surface area (Å²) in [7, 11) is 2.04. The van der Waals surface area contributed by atoms with Crippen molar-refractivity contribution in [2.24, 2.45) is 5.41 Å². The molecule has 1 radical (unpaired) electrons. The molecule has 1 nitrogen and oxygen atoms in total. The lowest BCUT2D eigenvalue weighted by Crippen LogP contribution is -2.21. The maximum Gasteiger partial charge on any atom is 0.00357 e. The van der Waals surface area contributed by atoms with E-state index in [1.54, 1.807) is 6.08 Å². The van der Waals surface area contributed by atoms with Gasteiger partial charge in [-0.15, -0.1) is 0 Å². The highest BCUT2D eigenvalue weighted by molar-refractivity contribution is 4.71. The third-order valence-corrected chi connectivity index (χ3v) is 3.46. The summed E-state index contributed by atoms with van der Waals surface area (Å²) in [4.78, 5) is 0. The molecule has 0 aromatic heterocycles. The van der Waals surface area contributed by atoms with Crippen LogP contribution in [0.2, 0.25) is 0 Å². The molecule has 0 heterocycles. The molecule has 16 heavy (non-hydrogen) atoms. The molecule has 1 N–H and O–H groups in total. The van der Waals surface area contributed by atoms with Gasteiger partial charge in [-0.2, -0.15) is 0 Å². The summed E-state index contributed by atoms with van der Waals surface area (Å²) in [6, 6.07) is 0.655. The fraction of sp³-hybridized carbons (Fsp3) is 0.867. The molecule has 0 rings (SSSR count). The zero-order valence-corrected chi connectivity index (χ0v) is 11.7. The summed E-state index contributed by atoms with van der Waals surface area (Å²) >= 11 is 0. The first-order chi connectivity index (χ1) is 7.52. The van der Waals surface area contributed by atoms with Gasteiger partial charge in [-0.1, -0.05) is 39.3 Å². The van der Waals surface area contributed by atoms with Crippen LogP contribution in [0.5, 0.6) is 0 Å². The first-order valence-electron chi connectivity index (χ1n) is 6.72. The standard InChI is InChI=1S/C15H30N/c1-6-7-8-9-12-15(3,4)13-10-11-14(2)16-5/h1,6,14,16H,7-13H2,2-5H3. The minimum absolute atomic E-state index is 0.502. The van der Waals surface area contributed by atoms with Gasteiger partial charge in [-0.3, -0.25) is 0 Å². The van der Waals surface area contributed by atoms with Crippen LogP contribution in [0.4, 0.5) is 0 Å². The number of unbranched alkanes of at least 4 members (excludes halogenated alkanes) is 2. The highest BCUT2D eigenvalue weighted by atomic mass is 14.8. The molecule has 0 bridgehead atoms. The monoisotopic (exact) mass is 224 g/mol. The SMILES string of the molecule is [CH]=CCCCCC(C)(C)CCCC(C)NC. The normalized spacial score (nSPS) is 13.8. The van der Waals surface area contributed by atoms with Gasteiger partial charge < -0.3 is 5.32 Å². The van der Waals surface area contributed by atoms with Crippen molar-refractivity contribution in [1.82, 2.24) is 5.32 Å². The molecule has 1 heteroatoms. The van der Waals surface area contributed by atoms with E-state index < -0.39 is 0 Å². The van der Waals surface area contributed by atoms with Crippen LogP contribution in [0.3, 0.4) is 0 Å². The summed E-state index contributed by atoms with van der Waals surface area (Å²) in [5, 5.41) is 3.29. The van der Waals surface area contributed by atoms with E-state index in [1.807, 2.05) is 7.05 Å². The Kier molecular flexibility index (Phi) is 8.64. The van der Waals surface area contributed by atoms with E-state index in [0.717, 1.165) is 6.42 Å².